The maximum Gasteiger partial charge on any atom is 0.305 e. The molecule has 2 rings (SSSR count). The molecule has 30 heavy (non-hydrogen) atoms. The molecule has 0 aromatic rings. The molecule has 2 aliphatic heterocycles. The summed E-state index contributed by atoms with van der Waals surface area (Å²) >= 11 is 0. The minimum absolute atomic E-state index is 0.0765. The molecule has 0 aromatic heterocycles. The van der Waals surface area contributed by atoms with Crippen LogP contribution in [0.1, 0.15) is 103 Å². The van der Waals surface area contributed by atoms with E-state index in [1.54, 1.807) is 0 Å². The van der Waals surface area contributed by atoms with Crippen LogP contribution < -0.4 is 0 Å². The molecule has 2 heterocycles. The Morgan fingerprint density at radius 1 is 0.533 bits per heavy atom. The van der Waals surface area contributed by atoms with Crippen LogP contribution in [-0.4, -0.2) is 50.6 Å². The minimum atomic E-state index is -0.0765. The topological polar surface area (TPSA) is 77.7 Å². The lowest BCUT2D eigenvalue weighted by Crippen LogP contribution is -2.09. The Morgan fingerprint density at radius 2 is 0.800 bits per heavy atom. The van der Waals surface area contributed by atoms with E-state index in [4.69, 9.17) is 18.9 Å². The number of hydrogen-bond acceptors (Lipinski definition) is 6. The molecule has 0 spiro atoms. The Morgan fingerprint density at radius 3 is 1.07 bits per heavy atom. The third kappa shape index (κ3) is 15.7. The van der Waals surface area contributed by atoms with Crippen LogP contribution in [0.25, 0.3) is 0 Å². The maximum atomic E-state index is 11.5. The quantitative estimate of drug-likeness (QED) is 0.144. The largest absolute Gasteiger partial charge is 0.463 e. The number of carbonyl (C=O) groups is 2. The molecule has 2 aliphatic rings. The van der Waals surface area contributed by atoms with Crippen molar-refractivity contribution in [2.45, 2.75) is 115 Å². The van der Waals surface area contributed by atoms with Crippen LogP contribution >= 0.6 is 0 Å². The van der Waals surface area contributed by atoms with Gasteiger partial charge in [-0.1, -0.05) is 77.0 Å². The summed E-state index contributed by atoms with van der Waals surface area (Å²) < 4.78 is 20.3. The first kappa shape index (κ1) is 25.1. The highest BCUT2D eigenvalue weighted by Crippen LogP contribution is 2.15. The van der Waals surface area contributed by atoms with Crippen LogP contribution in [-0.2, 0) is 28.5 Å². The first-order chi connectivity index (χ1) is 14.7. The highest BCUT2D eigenvalue weighted by molar-refractivity contribution is 5.69. The van der Waals surface area contributed by atoms with Gasteiger partial charge < -0.3 is 18.9 Å². The van der Waals surface area contributed by atoms with E-state index in [2.05, 4.69) is 0 Å². The van der Waals surface area contributed by atoms with Crippen LogP contribution in [0.4, 0.5) is 0 Å². The molecular formula is C24H42O6. The van der Waals surface area contributed by atoms with Gasteiger partial charge in [-0.15, -0.1) is 0 Å². The summed E-state index contributed by atoms with van der Waals surface area (Å²) in [7, 11) is 0. The summed E-state index contributed by atoms with van der Waals surface area (Å²) in [5.74, 6) is -0.153. The predicted octanol–water partition coefficient (Wildman–Crippen LogP) is 5.11. The summed E-state index contributed by atoms with van der Waals surface area (Å²) in [6, 6.07) is 0. The summed E-state index contributed by atoms with van der Waals surface area (Å²) in [5, 5.41) is 0. The van der Waals surface area contributed by atoms with E-state index in [-0.39, 0.29) is 24.1 Å². The number of unbranched alkanes of at least 4 members (excludes halogenated alkanes) is 13. The molecule has 6 nitrogen and oxygen atoms in total. The van der Waals surface area contributed by atoms with Crippen LogP contribution in [0.5, 0.6) is 0 Å². The Kier molecular flexibility index (Phi) is 13.9. The average Bonchev–Trinajstić information content (AvgIpc) is 3.65. The highest BCUT2D eigenvalue weighted by Gasteiger charge is 2.24. The van der Waals surface area contributed by atoms with E-state index in [9.17, 15) is 9.59 Å². The number of rotatable bonds is 21. The van der Waals surface area contributed by atoms with Gasteiger partial charge in [-0.25, -0.2) is 0 Å². The molecule has 174 valence electrons. The van der Waals surface area contributed by atoms with Crippen LogP contribution in [0.2, 0.25) is 0 Å². The number of carbonyl (C=O) groups excluding carboxylic acids is 2. The van der Waals surface area contributed by atoms with Gasteiger partial charge in [-0.3, -0.25) is 9.59 Å². The van der Waals surface area contributed by atoms with Crippen molar-refractivity contribution in [2.75, 3.05) is 26.4 Å². The maximum absolute atomic E-state index is 11.5. The van der Waals surface area contributed by atoms with Crippen molar-refractivity contribution in [3.05, 3.63) is 0 Å². The molecule has 0 saturated carbocycles. The van der Waals surface area contributed by atoms with E-state index in [0.29, 0.717) is 26.1 Å². The lowest BCUT2D eigenvalue weighted by Gasteiger charge is -2.04. The molecule has 0 radical (unpaired) electrons. The zero-order valence-electron chi connectivity index (χ0n) is 18.7. The molecule has 2 unspecified atom stereocenters. The van der Waals surface area contributed by atoms with Gasteiger partial charge in [0.15, 0.2) is 0 Å². The van der Waals surface area contributed by atoms with E-state index in [0.717, 1.165) is 38.9 Å². The summed E-state index contributed by atoms with van der Waals surface area (Å²) in [6.07, 6.45) is 18.5. The third-order valence-electron chi connectivity index (χ3n) is 5.68. The summed E-state index contributed by atoms with van der Waals surface area (Å²) in [4.78, 5) is 23.0. The normalized spacial score (nSPS) is 19.5. The zero-order chi connectivity index (χ0) is 21.3. The summed E-state index contributed by atoms with van der Waals surface area (Å²) in [5.41, 5.74) is 0. The number of ether oxygens (including phenoxy) is 4. The molecule has 0 aromatic carbocycles. The number of epoxide rings is 2. The molecular weight excluding hydrogens is 384 g/mol. The number of esters is 2. The van der Waals surface area contributed by atoms with E-state index < -0.39 is 0 Å². The lowest BCUT2D eigenvalue weighted by molar-refractivity contribution is -0.145. The van der Waals surface area contributed by atoms with Crippen molar-refractivity contribution in [1.29, 1.82) is 0 Å². The van der Waals surface area contributed by atoms with Gasteiger partial charge in [0.25, 0.3) is 0 Å². The first-order valence-electron chi connectivity index (χ1n) is 12.3. The van der Waals surface area contributed by atoms with Crippen molar-refractivity contribution in [2.24, 2.45) is 0 Å². The van der Waals surface area contributed by atoms with Gasteiger partial charge in [0.2, 0.25) is 0 Å². The predicted molar refractivity (Wildman–Crippen MR) is 115 cm³/mol. The molecule has 0 N–H and O–H groups in total. The van der Waals surface area contributed by atoms with Gasteiger partial charge in [-0.2, -0.15) is 0 Å². The second-order valence-electron chi connectivity index (χ2n) is 8.73. The molecule has 2 saturated heterocycles. The van der Waals surface area contributed by atoms with Crippen molar-refractivity contribution < 1.29 is 28.5 Å². The second kappa shape index (κ2) is 16.5. The van der Waals surface area contributed by atoms with Crippen molar-refractivity contribution in [3.63, 3.8) is 0 Å². The van der Waals surface area contributed by atoms with Gasteiger partial charge in [0.1, 0.15) is 25.4 Å². The Hall–Kier alpha value is -1.14. The van der Waals surface area contributed by atoms with Crippen LogP contribution in [0, 0.1) is 0 Å². The van der Waals surface area contributed by atoms with E-state index in [1.165, 1.54) is 64.2 Å². The van der Waals surface area contributed by atoms with Gasteiger partial charge >= 0.3 is 11.9 Å². The van der Waals surface area contributed by atoms with Crippen molar-refractivity contribution in [3.8, 4) is 0 Å². The lowest BCUT2D eigenvalue weighted by atomic mass is 10.0. The van der Waals surface area contributed by atoms with Gasteiger partial charge in [0.05, 0.1) is 13.2 Å². The van der Waals surface area contributed by atoms with E-state index in [1.807, 2.05) is 0 Å². The minimum Gasteiger partial charge on any atom is -0.463 e. The van der Waals surface area contributed by atoms with E-state index >= 15 is 0 Å². The molecule has 6 heteroatoms. The fraction of sp³-hybridized carbons (Fsp3) is 0.917. The standard InChI is InChI=1S/C24H42O6/c25-23(29-19-21-17-27-21)15-13-11-9-7-5-3-1-2-4-6-8-10-12-14-16-24(26)30-20-22-18-28-22/h21-22H,1-20H2. The monoisotopic (exact) mass is 426 g/mol. The SMILES string of the molecule is O=C(CCCCCCCCCCCCCCCCC(=O)OCC1CO1)OCC1CO1. The highest BCUT2D eigenvalue weighted by atomic mass is 16.6. The number of hydrogen-bond donors (Lipinski definition) is 0. The fourth-order valence-electron chi connectivity index (χ4n) is 3.50. The van der Waals surface area contributed by atoms with Gasteiger partial charge in [-0.05, 0) is 12.8 Å². The summed E-state index contributed by atoms with van der Waals surface area (Å²) in [6.45, 7) is 2.35. The molecule has 2 atom stereocenters. The molecule has 0 amide bonds. The average molecular weight is 427 g/mol. The Labute approximate surface area is 182 Å². The third-order valence-corrected chi connectivity index (χ3v) is 5.68. The van der Waals surface area contributed by atoms with Crippen LogP contribution in [0.15, 0.2) is 0 Å². The van der Waals surface area contributed by atoms with Crippen molar-refractivity contribution >= 4 is 11.9 Å². The smallest absolute Gasteiger partial charge is 0.305 e. The van der Waals surface area contributed by atoms with Crippen LogP contribution in [0.3, 0.4) is 0 Å². The Balaban J connectivity index is 1.19. The first-order valence-corrected chi connectivity index (χ1v) is 12.3. The zero-order valence-corrected chi connectivity index (χ0v) is 18.7. The molecule has 0 aliphatic carbocycles. The van der Waals surface area contributed by atoms with Gasteiger partial charge in [0, 0.05) is 12.8 Å². The second-order valence-corrected chi connectivity index (χ2v) is 8.73. The molecule has 0 bridgehead atoms. The Bertz CT molecular complexity index is 417. The molecule has 2 fully saturated rings. The fourth-order valence-corrected chi connectivity index (χ4v) is 3.50. The van der Waals surface area contributed by atoms with Crippen molar-refractivity contribution in [1.82, 2.24) is 0 Å².